The van der Waals surface area contributed by atoms with Crippen LogP contribution >= 0.6 is 0 Å². The second kappa shape index (κ2) is 9.16. The number of halogens is 3. The van der Waals surface area contributed by atoms with Gasteiger partial charge in [0.1, 0.15) is 11.4 Å². The number of benzene rings is 1. The van der Waals surface area contributed by atoms with E-state index in [-0.39, 0.29) is 17.6 Å². The molecule has 0 atom stereocenters. The van der Waals surface area contributed by atoms with Gasteiger partial charge >= 0.3 is 21.7 Å². The Morgan fingerprint density at radius 2 is 1.91 bits per heavy atom. The quantitative estimate of drug-likeness (QED) is 0.365. The molecule has 3 rings (SSSR count). The lowest BCUT2D eigenvalue weighted by molar-refractivity contribution is -0.0499. The zero-order valence-electron chi connectivity index (χ0n) is 18.8. The number of imidazole rings is 1. The van der Waals surface area contributed by atoms with Crippen molar-refractivity contribution in [3.8, 4) is 17.0 Å². The topological polar surface area (TPSA) is 128 Å². The number of ether oxygens (including phenoxy) is 1. The Morgan fingerprint density at radius 1 is 1.21 bits per heavy atom. The number of fused-ring (bicyclic) bond motifs is 1. The van der Waals surface area contributed by atoms with Crippen LogP contribution in [0.5, 0.6) is 5.75 Å². The third kappa shape index (κ3) is 5.61. The number of amides is 1. The van der Waals surface area contributed by atoms with Gasteiger partial charge in [0.2, 0.25) is 0 Å². The van der Waals surface area contributed by atoms with Crippen LogP contribution in [-0.2, 0) is 21.4 Å². The summed E-state index contributed by atoms with van der Waals surface area (Å²) >= 11 is 0. The third-order valence-electron chi connectivity index (χ3n) is 4.33. The highest BCUT2D eigenvalue weighted by Gasteiger charge is 2.49. The molecule has 1 aromatic carbocycles. The SMILES string of the molecule is CCCN(Cc1ncc(-c2ccc(OS(=O)(=O)C(F)(F)F)c3ncoc23)[nH]1)C(=O)OC(C)(C)C. The number of alkyl halides is 3. The van der Waals surface area contributed by atoms with Gasteiger partial charge in [0, 0.05) is 12.1 Å². The molecule has 0 aliphatic carbocycles. The fourth-order valence-electron chi connectivity index (χ4n) is 2.96. The van der Waals surface area contributed by atoms with Crippen molar-refractivity contribution >= 4 is 27.3 Å². The summed E-state index contributed by atoms with van der Waals surface area (Å²) in [5.41, 5.74) is -5.74. The van der Waals surface area contributed by atoms with Crippen LogP contribution in [0.1, 0.15) is 39.9 Å². The van der Waals surface area contributed by atoms with Crippen molar-refractivity contribution in [1.82, 2.24) is 19.9 Å². The molecule has 0 fully saturated rings. The average Bonchev–Trinajstić information content (AvgIpc) is 3.35. The summed E-state index contributed by atoms with van der Waals surface area (Å²) in [5.74, 6) is -0.217. The first-order valence-electron chi connectivity index (χ1n) is 10.1. The van der Waals surface area contributed by atoms with Crippen LogP contribution in [0.15, 0.2) is 29.1 Å². The van der Waals surface area contributed by atoms with Crippen molar-refractivity contribution in [2.45, 2.75) is 51.8 Å². The molecule has 34 heavy (non-hydrogen) atoms. The maximum atomic E-state index is 12.7. The Labute approximate surface area is 193 Å². The van der Waals surface area contributed by atoms with Crippen LogP contribution in [0, 0.1) is 0 Å². The molecule has 0 spiro atoms. The molecule has 0 saturated carbocycles. The predicted molar refractivity (Wildman–Crippen MR) is 114 cm³/mol. The highest BCUT2D eigenvalue weighted by atomic mass is 32.2. The van der Waals surface area contributed by atoms with Gasteiger partial charge in [-0.15, -0.1) is 0 Å². The standard InChI is InChI=1S/C20H23F3N4O6S/c1-5-8-27(18(28)32-19(2,3)4)10-15-24-9-13(26-15)12-6-7-14(16-17(12)31-11-25-16)33-34(29,30)20(21,22)23/h6-7,9,11H,5,8,10H2,1-4H3,(H,24,26). The van der Waals surface area contributed by atoms with E-state index in [9.17, 15) is 26.4 Å². The van der Waals surface area contributed by atoms with Crippen LogP contribution < -0.4 is 4.18 Å². The first-order chi connectivity index (χ1) is 15.7. The molecular weight excluding hydrogens is 481 g/mol. The molecule has 10 nitrogen and oxygen atoms in total. The van der Waals surface area contributed by atoms with Crippen LogP contribution in [0.2, 0.25) is 0 Å². The Hall–Kier alpha value is -3.29. The number of rotatable bonds is 7. The van der Waals surface area contributed by atoms with Crippen molar-refractivity contribution in [1.29, 1.82) is 0 Å². The number of hydrogen-bond acceptors (Lipinski definition) is 8. The van der Waals surface area contributed by atoms with E-state index < -0.39 is 33.1 Å². The summed E-state index contributed by atoms with van der Waals surface area (Å²) in [5, 5.41) is 0. The molecule has 186 valence electrons. The first kappa shape index (κ1) is 25.3. The number of aromatic amines is 1. The van der Waals surface area contributed by atoms with Gasteiger partial charge in [0.05, 0.1) is 18.4 Å². The maximum absolute atomic E-state index is 12.7. The van der Waals surface area contributed by atoms with Crippen molar-refractivity contribution < 1.29 is 39.7 Å². The number of hydrogen-bond donors (Lipinski definition) is 1. The summed E-state index contributed by atoms with van der Waals surface area (Å²) in [7, 11) is -5.88. The number of carbonyl (C=O) groups is 1. The van der Waals surface area contributed by atoms with E-state index >= 15 is 0 Å². The number of nitrogens with one attached hydrogen (secondary N) is 1. The van der Waals surface area contributed by atoms with Crippen molar-refractivity contribution in [2.75, 3.05) is 6.54 Å². The first-order valence-corrected chi connectivity index (χ1v) is 11.5. The zero-order valence-corrected chi connectivity index (χ0v) is 19.6. The van der Waals surface area contributed by atoms with E-state index in [1.165, 1.54) is 17.2 Å². The highest BCUT2D eigenvalue weighted by molar-refractivity contribution is 7.88. The van der Waals surface area contributed by atoms with Gasteiger partial charge in [0.25, 0.3) is 0 Å². The molecule has 0 unspecified atom stereocenters. The van der Waals surface area contributed by atoms with Crippen molar-refractivity contribution in [3.05, 3.63) is 30.5 Å². The van der Waals surface area contributed by atoms with E-state index in [2.05, 4.69) is 19.1 Å². The number of aromatic nitrogens is 3. The van der Waals surface area contributed by atoms with Crippen LogP contribution in [0.25, 0.3) is 22.4 Å². The summed E-state index contributed by atoms with van der Waals surface area (Å²) < 4.78 is 75.7. The Kier molecular flexibility index (Phi) is 6.82. The maximum Gasteiger partial charge on any atom is 0.534 e. The van der Waals surface area contributed by atoms with E-state index in [1.807, 2.05) is 6.92 Å². The van der Waals surface area contributed by atoms with E-state index in [1.54, 1.807) is 20.8 Å². The molecule has 0 aliphatic heterocycles. The smallest absolute Gasteiger partial charge is 0.444 e. The van der Waals surface area contributed by atoms with Crippen LogP contribution in [-0.4, -0.2) is 52.0 Å². The normalized spacial score (nSPS) is 12.7. The highest BCUT2D eigenvalue weighted by Crippen LogP contribution is 2.36. The van der Waals surface area contributed by atoms with E-state index in [0.717, 1.165) is 12.5 Å². The molecular formula is C20H23F3N4O6S. The second-order valence-corrected chi connectivity index (χ2v) is 9.81. The lowest BCUT2D eigenvalue weighted by Gasteiger charge is -2.26. The van der Waals surface area contributed by atoms with Crippen molar-refractivity contribution in [2.24, 2.45) is 0 Å². The lowest BCUT2D eigenvalue weighted by Crippen LogP contribution is -2.37. The van der Waals surface area contributed by atoms with Gasteiger partial charge in [-0.3, -0.25) is 0 Å². The predicted octanol–water partition coefficient (Wildman–Crippen LogP) is 4.59. The molecule has 0 saturated heterocycles. The minimum absolute atomic E-state index is 0.0115. The molecule has 1 N–H and O–H groups in total. The Morgan fingerprint density at radius 3 is 2.53 bits per heavy atom. The van der Waals surface area contributed by atoms with E-state index in [0.29, 0.717) is 30.0 Å². The molecule has 0 aliphatic rings. The average molecular weight is 504 g/mol. The number of H-pyrrole nitrogens is 1. The minimum Gasteiger partial charge on any atom is -0.444 e. The van der Waals surface area contributed by atoms with Gasteiger partial charge in [-0.1, -0.05) is 6.92 Å². The third-order valence-corrected chi connectivity index (χ3v) is 5.30. The number of nitrogens with zero attached hydrogens (tertiary/aromatic N) is 3. The van der Waals surface area contributed by atoms with Crippen LogP contribution in [0.4, 0.5) is 18.0 Å². The molecule has 1 amide bonds. The molecule has 2 aromatic heterocycles. The van der Waals surface area contributed by atoms with Gasteiger partial charge in [-0.25, -0.2) is 14.8 Å². The summed E-state index contributed by atoms with van der Waals surface area (Å²) in [4.78, 5) is 25.0. The largest absolute Gasteiger partial charge is 0.534 e. The number of oxazole rings is 1. The van der Waals surface area contributed by atoms with Crippen molar-refractivity contribution in [3.63, 3.8) is 0 Å². The van der Waals surface area contributed by atoms with Gasteiger partial charge in [-0.05, 0) is 39.3 Å². The monoisotopic (exact) mass is 504 g/mol. The minimum atomic E-state index is -5.88. The molecule has 0 radical (unpaired) electrons. The Bertz CT molecular complexity index is 1280. The lowest BCUT2D eigenvalue weighted by atomic mass is 10.1. The molecule has 14 heteroatoms. The molecule has 3 aromatic rings. The molecule has 2 heterocycles. The summed E-state index contributed by atoms with van der Waals surface area (Å²) in [6, 6.07) is 2.35. The second-order valence-electron chi connectivity index (χ2n) is 8.27. The fourth-order valence-corrected chi connectivity index (χ4v) is 3.43. The summed E-state index contributed by atoms with van der Waals surface area (Å²) in [6.07, 6.45) is 2.58. The molecule has 0 bridgehead atoms. The Balaban J connectivity index is 1.88. The fraction of sp³-hybridized carbons (Fsp3) is 0.450. The number of carbonyl (C=O) groups excluding carboxylic acids is 1. The van der Waals surface area contributed by atoms with Gasteiger partial charge < -0.3 is 23.2 Å². The van der Waals surface area contributed by atoms with Crippen LogP contribution in [0.3, 0.4) is 0 Å². The summed E-state index contributed by atoms with van der Waals surface area (Å²) in [6.45, 7) is 7.74. The van der Waals surface area contributed by atoms with Gasteiger partial charge in [-0.2, -0.15) is 21.6 Å². The van der Waals surface area contributed by atoms with E-state index in [4.69, 9.17) is 9.15 Å². The zero-order chi connectivity index (χ0) is 25.3. The van der Waals surface area contributed by atoms with Gasteiger partial charge in [0.15, 0.2) is 23.2 Å².